The molecule has 7 heteroatoms. The molecule has 0 aromatic carbocycles. The smallest absolute Gasteiger partial charge is 0.432 e. The van der Waals surface area contributed by atoms with Crippen molar-refractivity contribution >= 4 is 13.7 Å². The van der Waals surface area contributed by atoms with Crippen LogP contribution in [0, 0.1) is 0 Å². The first-order valence-electron chi connectivity index (χ1n) is 2.85. The fraction of sp³-hybridized carbons (Fsp3) is 0.750. The van der Waals surface area contributed by atoms with E-state index in [4.69, 9.17) is 26.0 Å². The minimum atomic E-state index is -1.18. The second-order valence-electron chi connectivity index (χ2n) is 1.75. The fourth-order valence-electron chi connectivity index (χ4n) is 0.206. The van der Waals surface area contributed by atoms with Crippen LogP contribution in [0.3, 0.4) is 0 Å². The molecule has 0 bridgehead atoms. The predicted molar refractivity (Wildman–Crippen MR) is 38.9 cm³/mol. The van der Waals surface area contributed by atoms with Crippen molar-refractivity contribution in [2.24, 2.45) is 5.73 Å². The van der Waals surface area contributed by atoms with Gasteiger partial charge >= 0.3 is 13.7 Å². The molecule has 0 saturated heterocycles. The number of rotatable bonds is 2. The molecular formula is C4H12BNO5. The van der Waals surface area contributed by atoms with Gasteiger partial charge in [-0.1, -0.05) is 0 Å². The van der Waals surface area contributed by atoms with Gasteiger partial charge in [0.05, 0.1) is 6.10 Å². The predicted octanol–water partition coefficient (Wildman–Crippen LogP) is -2.98. The van der Waals surface area contributed by atoms with Crippen LogP contribution >= 0.6 is 0 Å². The molecule has 0 aliphatic heterocycles. The van der Waals surface area contributed by atoms with E-state index < -0.39 is 25.8 Å². The molecule has 0 aliphatic rings. The molecule has 0 rings (SSSR count). The van der Waals surface area contributed by atoms with Gasteiger partial charge in [0.25, 0.3) is 0 Å². The Bertz CT molecular complexity index is 109. The van der Waals surface area contributed by atoms with E-state index in [1.165, 1.54) is 6.92 Å². The van der Waals surface area contributed by atoms with Crippen LogP contribution < -0.4 is 5.73 Å². The molecular weight excluding hydrogens is 153 g/mol. The molecule has 6 N–H and O–H groups in total. The lowest BCUT2D eigenvalue weighted by atomic mass is 10.2. The van der Waals surface area contributed by atoms with E-state index >= 15 is 0 Å². The Morgan fingerprint density at radius 3 is 1.82 bits per heavy atom. The van der Waals surface area contributed by atoms with Gasteiger partial charge in [-0.05, 0) is 6.92 Å². The number of hydrogen-bond acceptors (Lipinski definition) is 5. The quantitative estimate of drug-likeness (QED) is 0.278. The number of nitrogens with two attached hydrogens (primary N) is 1. The van der Waals surface area contributed by atoms with Gasteiger partial charge in [0.1, 0.15) is 6.04 Å². The molecule has 0 saturated carbocycles. The largest absolute Gasteiger partial charge is 0.480 e. The maximum atomic E-state index is 9.86. The number of carboxylic acids is 1. The minimum absolute atomic E-state index is 0.750. The van der Waals surface area contributed by atoms with Crippen molar-refractivity contribution in [1.82, 2.24) is 0 Å². The average molecular weight is 165 g/mol. The molecule has 0 amide bonds. The molecule has 11 heavy (non-hydrogen) atoms. The van der Waals surface area contributed by atoms with E-state index in [0.717, 1.165) is 0 Å². The van der Waals surface area contributed by atoms with Gasteiger partial charge in [-0.15, -0.1) is 0 Å². The Labute approximate surface area is 64.6 Å². The van der Waals surface area contributed by atoms with Crippen LogP contribution in [0.5, 0.6) is 0 Å². The molecule has 0 fully saturated rings. The molecule has 0 spiro atoms. The zero-order valence-corrected chi connectivity index (χ0v) is 6.14. The van der Waals surface area contributed by atoms with E-state index in [1.807, 2.05) is 0 Å². The van der Waals surface area contributed by atoms with E-state index in [9.17, 15) is 4.79 Å². The number of hydrogen-bond donors (Lipinski definition) is 5. The average Bonchev–Trinajstić information content (AvgIpc) is 1.87. The maximum absolute atomic E-state index is 9.86. The van der Waals surface area contributed by atoms with Crippen molar-refractivity contribution in [1.29, 1.82) is 0 Å². The van der Waals surface area contributed by atoms with Crippen LogP contribution in [0.15, 0.2) is 0 Å². The summed E-state index contributed by atoms with van der Waals surface area (Å²) in [6.45, 7) is 1.33. The number of carbonyl (C=O) groups is 1. The van der Waals surface area contributed by atoms with Crippen LogP contribution in [0.2, 0.25) is 0 Å². The summed E-state index contributed by atoms with van der Waals surface area (Å²) in [5, 5.41) is 30.8. The standard InChI is InChI=1S/C4H9NO3.BH3O2/c1-2(6)3(5)4(7)8;2-1-3/h2-3,6H,5H2,1H3,(H,7,8);1-3H. The highest BCUT2D eigenvalue weighted by molar-refractivity contribution is 6.13. The lowest BCUT2D eigenvalue weighted by Crippen LogP contribution is -2.39. The Morgan fingerprint density at radius 2 is 1.82 bits per heavy atom. The van der Waals surface area contributed by atoms with Gasteiger partial charge in [-0.3, -0.25) is 4.79 Å². The third-order valence-corrected chi connectivity index (χ3v) is 0.805. The van der Waals surface area contributed by atoms with Crippen molar-refractivity contribution in [3.8, 4) is 0 Å². The summed E-state index contributed by atoms with van der Waals surface area (Å²) >= 11 is 0. The van der Waals surface area contributed by atoms with E-state index in [1.54, 1.807) is 0 Å². The molecule has 6 nitrogen and oxygen atoms in total. The zero-order chi connectivity index (χ0) is 9.44. The molecule has 0 radical (unpaired) electrons. The van der Waals surface area contributed by atoms with Gasteiger partial charge in [0.15, 0.2) is 0 Å². The van der Waals surface area contributed by atoms with E-state index in [2.05, 4.69) is 0 Å². The maximum Gasteiger partial charge on any atom is 0.432 e. The molecule has 0 aromatic rings. The molecule has 0 aliphatic carbocycles. The fourth-order valence-corrected chi connectivity index (χ4v) is 0.206. The summed E-state index contributed by atoms with van der Waals surface area (Å²) in [5.74, 6) is -1.18. The summed E-state index contributed by atoms with van der Waals surface area (Å²) < 4.78 is 0. The van der Waals surface area contributed by atoms with Crippen LogP contribution in [0.4, 0.5) is 0 Å². The van der Waals surface area contributed by atoms with Crippen LogP contribution in [0.25, 0.3) is 0 Å². The Kier molecular flexibility index (Phi) is 8.84. The summed E-state index contributed by atoms with van der Waals surface area (Å²) in [6.07, 6.45) is -0.979. The Hall–Kier alpha value is -0.625. The van der Waals surface area contributed by atoms with Crippen LogP contribution in [-0.2, 0) is 4.79 Å². The second-order valence-corrected chi connectivity index (χ2v) is 1.75. The second kappa shape index (κ2) is 7.48. The number of aliphatic carboxylic acids is 1. The monoisotopic (exact) mass is 165 g/mol. The Balaban J connectivity index is 0. The molecule has 2 unspecified atom stereocenters. The highest BCUT2D eigenvalue weighted by atomic mass is 16.4. The third kappa shape index (κ3) is 9.37. The molecule has 0 heterocycles. The van der Waals surface area contributed by atoms with Crippen LogP contribution in [-0.4, -0.2) is 46.1 Å². The summed E-state index contributed by atoms with van der Waals surface area (Å²) in [4.78, 5) is 9.86. The molecule has 2 atom stereocenters. The molecule has 66 valence electrons. The van der Waals surface area contributed by atoms with Crippen molar-refractivity contribution < 1.29 is 25.1 Å². The third-order valence-electron chi connectivity index (χ3n) is 0.805. The normalized spacial score (nSPS) is 13.9. The first kappa shape index (κ1) is 13.0. The first-order chi connectivity index (χ1) is 4.97. The highest BCUT2D eigenvalue weighted by Gasteiger charge is 2.16. The van der Waals surface area contributed by atoms with Gasteiger partial charge in [-0.2, -0.15) is 0 Å². The Morgan fingerprint density at radius 1 is 1.55 bits per heavy atom. The molecule has 0 aromatic heterocycles. The summed E-state index contributed by atoms with van der Waals surface area (Å²) in [7, 11) is -0.750. The lowest BCUT2D eigenvalue weighted by molar-refractivity contribution is -0.140. The van der Waals surface area contributed by atoms with Gasteiger partial charge < -0.3 is 26.0 Å². The first-order valence-corrected chi connectivity index (χ1v) is 2.85. The van der Waals surface area contributed by atoms with Crippen molar-refractivity contribution in [2.75, 3.05) is 0 Å². The zero-order valence-electron chi connectivity index (χ0n) is 6.14. The SMILES string of the molecule is CC(O)C(N)C(=O)O.OBO. The van der Waals surface area contributed by atoms with E-state index in [0.29, 0.717) is 0 Å². The summed E-state index contributed by atoms with van der Waals surface area (Å²) in [6, 6.07) is -1.16. The van der Waals surface area contributed by atoms with Crippen molar-refractivity contribution in [3.63, 3.8) is 0 Å². The summed E-state index contributed by atoms with van der Waals surface area (Å²) in [5.41, 5.74) is 4.91. The highest BCUT2D eigenvalue weighted by Crippen LogP contribution is 1.85. The van der Waals surface area contributed by atoms with Crippen molar-refractivity contribution in [3.05, 3.63) is 0 Å². The van der Waals surface area contributed by atoms with Crippen molar-refractivity contribution in [2.45, 2.75) is 19.1 Å². The number of carboxylic acid groups (broad SMARTS) is 1. The minimum Gasteiger partial charge on any atom is -0.480 e. The van der Waals surface area contributed by atoms with Gasteiger partial charge in [0.2, 0.25) is 0 Å². The lowest BCUT2D eigenvalue weighted by Gasteiger charge is -2.06. The number of aliphatic hydroxyl groups is 1. The van der Waals surface area contributed by atoms with Crippen LogP contribution in [0.1, 0.15) is 6.92 Å². The van der Waals surface area contributed by atoms with E-state index in [-0.39, 0.29) is 0 Å². The topological polar surface area (TPSA) is 124 Å². The van der Waals surface area contributed by atoms with Gasteiger partial charge in [0, 0.05) is 0 Å². The number of aliphatic hydroxyl groups excluding tert-OH is 1. The van der Waals surface area contributed by atoms with Gasteiger partial charge in [-0.25, -0.2) is 0 Å².